The molecule has 0 unspecified atom stereocenters. The van der Waals surface area contributed by atoms with E-state index in [4.69, 9.17) is 21.8 Å². The van der Waals surface area contributed by atoms with Crippen LogP contribution in [0.5, 0.6) is 0 Å². The average Bonchev–Trinajstić information content (AvgIpc) is 3.61. The average molecular weight is 649 g/mol. The molecule has 230 valence electrons. The van der Waals surface area contributed by atoms with Crippen LogP contribution in [0.4, 0.5) is 0 Å². The number of benzene rings is 7. The normalized spacial score (nSPS) is 12.7. The van der Waals surface area contributed by atoms with Crippen LogP contribution in [-0.4, -0.2) is 15.0 Å². The van der Waals surface area contributed by atoms with Crippen molar-refractivity contribution in [3.05, 3.63) is 176 Å². The molecular weight excluding hydrogens is 615 g/mol. The van der Waals surface area contributed by atoms with E-state index >= 15 is 0 Å². The third-order valence-corrected chi connectivity index (χ3v) is 9.78. The molecule has 9 rings (SSSR count). The molecule has 0 saturated carbocycles. The summed E-state index contributed by atoms with van der Waals surface area (Å²) in [6.45, 7) is 0. The molecule has 0 spiro atoms. The van der Waals surface area contributed by atoms with E-state index in [1.54, 1.807) is 11.3 Å². The van der Waals surface area contributed by atoms with Crippen LogP contribution in [0.1, 0.15) is 6.85 Å². The molecule has 0 bridgehead atoms. The van der Waals surface area contributed by atoms with E-state index in [2.05, 4.69) is 54.6 Å². The molecule has 0 aliphatic rings. The highest BCUT2D eigenvalue weighted by molar-refractivity contribution is 7.26. The van der Waals surface area contributed by atoms with Gasteiger partial charge in [-0.3, -0.25) is 0 Å². The largest absolute Gasteiger partial charge is 0.208 e. The van der Waals surface area contributed by atoms with Crippen LogP contribution in [0.3, 0.4) is 0 Å². The summed E-state index contributed by atoms with van der Waals surface area (Å²) in [5.74, 6) is 1.64. The Labute approximate surface area is 295 Å². The van der Waals surface area contributed by atoms with Crippen LogP contribution >= 0.6 is 11.3 Å². The van der Waals surface area contributed by atoms with Crippen LogP contribution in [-0.2, 0) is 0 Å². The molecule has 2 heterocycles. The van der Waals surface area contributed by atoms with Crippen LogP contribution < -0.4 is 0 Å². The van der Waals surface area contributed by atoms with Gasteiger partial charge in [-0.15, -0.1) is 11.3 Å². The first-order chi connectivity index (χ1) is 26.3. The molecule has 0 aliphatic carbocycles. The molecular formula is C45H29N3S. The first-order valence-electron chi connectivity index (χ1n) is 18.4. The van der Waals surface area contributed by atoms with Gasteiger partial charge in [0.15, 0.2) is 17.5 Å². The van der Waals surface area contributed by atoms with Crippen LogP contribution in [0.25, 0.3) is 87.7 Å². The Kier molecular flexibility index (Phi) is 6.08. The summed E-state index contributed by atoms with van der Waals surface area (Å²) in [5.41, 5.74) is 7.80. The minimum absolute atomic E-state index is 0.193. The molecule has 7 aromatic carbocycles. The van der Waals surface area contributed by atoms with E-state index in [0.29, 0.717) is 23.0 Å². The van der Waals surface area contributed by atoms with Crippen LogP contribution in [0.15, 0.2) is 176 Å². The quantitative estimate of drug-likeness (QED) is 0.180. The number of hydrogen-bond donors (Lipinski definition) is 0. The summed E-state index contributed by atoms with van der Waals surface area (Å²) in [6, 6.07) is 47.2. The van der Waals surface area contributed by atoms with Crippen LogP contribution in [0.2, 0.25) is 0 Å². The second kappa shape index (κ2) is 12.4. The number of aromatic nitrogens is 3. The predicted molar refractivity (Wildman–Crippen MR) is 205 cm³/mol. The molecule has 0 radical (unpaired) electrons. The van der Waals surface area contributed by atoms with Crippen LogP contribution in [0, 0.1) is 0 Å². The fraction of sp³-hybridized carbons (Fsp3) is 0. The summed E-state index contributed by atoms with van der Waals surface area (Å²) >= 11 is 1.58. The number of fused-ring (bicyclic) bond motifs is 3. The lowest BCUT2D eigenvalue weighted by Crippen LogP contribution is -2.00. The van der Waals surface area contributed by atoms with Crippen molar-refractivity contribution in [2.45, 2.75) is 0 Å². The van der Waals surface area contributed by atoms with Crippen molar-refractivity contribution in [3.63, 3.8) is 0 Å². The highest BCUT2D eigenvalue weighted by Crippen LogP contribution is 2.41. The predicted octanol–water partition coefficient (Wildman–Crippen LogP) is 12.2. The maximum Gasteiger partial charge on any atom is 0.164 e. The van der Waals surface area contributed by atoms with E-state index in [9.17, 15) is 0 Å². The molecule has 0 aliphatic heterocycles. The molecule has 9 aromatic rings. The highest BCUT2D eigenvalue weighted by atomic mass is 32.1. The molecule has 0 atom stereocenters. The SMILES string of the molecule is [2H]c1c([2H])c([2H])c(-c2cccc3sc4cc(-c5nc(-c6ccc(-c7ccccc7)cc6)nc(-c6ccc(-c7ccccc7)cc6)n5)ccc4c23)c([2H])c1[2H]. The summed E-state index contributed by atoms with van der Waals surface area (Å²) in [6.07, 6.45) is 0. The van der Waals surface area contributed by atoms with E-state index in [1.807, 2.05) is 91.0 Å². The molecule has 2 aromatic heterocycles. The molecule has 3 nitrogen and oxygen atoms in total. The monoisotopic (exact) mass is 648 g/mol. The Morgan fingerprint density at radius 2 is 0.878 bits per heavy atom. The lowest BCUT2D eigenvalue weighted by Gasteiger charge is -2.10. The van der Waals surface area contributed by atoms with Crippen molar-refractivity contribution < 1.29 is 6.85 Å². The van der Waals surface area contributed by atoms with E-state index in [1.165, 1.54) is 0 Å². The fourth-order valence-corrected chi connectivity index (χ4v) is 7.38. The standard InChI is InChI=1S/C45H29N3S/c1-4-11-30(12-5-1)32-19-23-35(24-20-32)43-46-44(36-25-21-33(22-26-36)31-13-6-2-7-14-31)48-45(47-43)37-27-28-39-41(29-37)49-40-18-10-17-38(42(39)40)34-15-8-3-9-16-34/h1-29H/i3D,8D,9D,15D,16D. The zero-order valence-corrected chi connectivity index (χ0v) is 26.9. The number of hydrogen-bond acceptors (Lipinski definition) is 4. The Morgan fingerprint density at radius 1 is 0.388 bits per heavy atom. The van der Waals surface area contributed by atoms with Gasteiger partial charge in [-0.25, -0.2) is 15.0 Å². The second-order valence-corrected chi connectivity index (χ2v) is 12.8. The zero-order chi connectivity index (χ0) is 36.9. The zero-order valence-electron chi connectivity index (χ0n) is 31.1. The minimum atomic E-state index is -0.406. The molecule has 4 heteroatoms. The molecule has 0 saturated heterocycles. The Balaban J connectivity index is 1.18. The van der Waals surface area contributed by atoms with Gasteiger partial charge in [0, 0.05) is 36.9 Å². The summed E-state index contributed by atoms with van der Waals surface area (Å²) in [5, 5.41) is 1.76. The fourth-order valence-electron chi connectivity index (χ4n) is 6.21. The number of rotatable bonds is 6. The first kappa shape index (κ1) is 24.0. The maximum atomic E-state index is 8.66. The van der Waals surface area contributed by atoms with Crippen molar-refractivity contribution in [1.82, 2.24) is 15.0 Å². The Morgan fingerprint density at radius 3 is 1.45 bits per heavy atom. The lowest BCUT2D eigenvalue weighted by molar-refractivity contribution is 1.07. The van der Waals surface area contributed by atoms with E-state index < -0.39 is 6.04 Å². The third-order valence-electron chi connectivity index (χ3n) is 8.66. The Hall–Kier alpha value is -6.23. The van der Waals surface area contributed by atoms with Gasteiger partial charge in [-0.05, 0) is 45.5 Å². The maximum absolute atomic E-state index is 8.66. The third kappa shape index (κ3) is 5.58. The van der Waals surface area contributed by atoms with Crippen molar-refractivity contribution in [2.75, 3.05) is 0 Å². The lowest BCUT2D eigenvalue weighted by atomic mass is 9.99. The number of nitrogens with zero attached hydrogens (tertiary/aromatic N) is 3. The van der Waals surface area contributed by atoms with Gasteiger partial charge in [-0.2, -0.15) is 0 Å². The first-order valence-corrected chi connectivity index (χ1v) is 16.8. The highest BCUT2D eigenvalue weighted by Gasteiger charge is 2.16. The van der Waals surface area contributed by atoms with E-state index in [0.717, 1.165) is 59.1 Å². The summed E-state index contributed by atoms with van der Waals surface area (Å²) < 4.78 is 43.9. The molecule has 0 N–H and O–H groups in total. The van der Waals surface area contributed by atoms with Crippen molar-refractivity contribution in [3.8, 4) is 67.5 Å². The van der Waals surface area contributed by atoms with Crippen molar-refractivity contribution in [1.29, 1.82) is 0 Å². The van der Waals surface area contributed by atoms with Gasteiger partial charge in [-0.1, -0.05) is 164 Å². The second-order valence-electron chi connectivity index (χ2n) is 11.7. The minimum Gasteiger partial charge on any atom is -0.208 e. The van der Waals surface area contributed by atoms with Crippen molar-refractivity contribution in [2.24, 2.45) is 0 Å². The molecule has 0 amide bonds. The van der Waals surface area contributed by atoms with Gasteiger partial charge >= 0.3 is 0 Å². The van der Waals surface area contributed by atoms with Gasteiger partial charge in [0.05, 0.1) is 6.85 Å². The molecule has 0 fully saturated rings. The summed E-state index contributed by atoms with van der Waals surface area (Å²) in [7, 11) is 0. The summed E-state index contributed by atoms with van der Waals surface area (Å²) in [4.78, 5) is 15.0. The topological polar surface area (TPSA) is 38.7 Å². The van der Waals surface area contributed by atoms with Gasteiger partial charge in [0.1, 0.15) is 0 Å². The van der Waals surface area contributed by atoms with Gasteiger partial charge < -0.3 is 0 Å². The number of thiophene rings is 1. The van der Waals surface area contributed by atoms with Crippen molar-refractivity contribution >= 4 is 31.5 Å². The van der Waals surface area contributed by atoms with E-state index in [-0.39, 0.29) is 29.7 Å². The van der Waals surface area contributed by atoms with Gasteiger partial charge in [0.2, 0.25) is 0 Å². The smallest absolute Gasteiger partial charge is 0.164 e. The Bertz CT molecular complexity index is 2730. The van der Waals surface area contributed by atoms with Gasteiger partial charge in [0.25, 0.3) is 0 Å². The molecule has 49 heavy (non-hydrogen) atoms.